The molecule has 2 amide bonds. The van der Waals surface area contributed by atoms with Crippen molar-refractivity contribution in [2.24, 2.45) is 5.41 Å². The number of rotatable bonds is 7. The highest BCUT2D eigenvalue weighted by Crippen LogP contribution is 2.28. The molecule has 3 rings (SSSR count). The molecule has 27 heavy (non-hydrogen) atoms. The van der Waals surface area contributed by atoms with Gasteiger partial charge < -0.3 is 20.7 Å². The molecule has 0 spiro atoms. The Kier molecular flexibility index (Phi) is 6.60. The van der Waals surface area contributed by atoms with Crippen molar-refractivity contribution in [3.63, 3.8) is 0 Å². The van der Waals surface area contributed by atoms with E-state index in [9.17, 15) is 9.59 Å². The summed E-state index contributed by atoms with van der Waals surface area (Å²) in [6.45, 7) is 3.01. The van der Waals surface area contributed by atoms with E-state index in [0.29, 0.717) is 30.0 Å². The molecule has 3 N–H and O–H groups in total. The number of carbonyl (C=O) groups is 2. The second-order valence-corrected chi connectivity index (χ2v) is 7.66. The van der Waals surface area contributed by atoms with Crippen LogP contribution in [0.5, 0.6) is 0 Å². The van der Waals surface area contributed by atoms with Gasteiger partial charge in [-0.3, -0.25) is 9.59 Å². The molecule has 0 atom stereocenters. The standard InChI is InChI=1S/C20H25N3O3S/c1-26-14-20(7-9-21-10-8-20)13-22-19(25)16-4-2-3-5-17(16)23-18(24)15-6-11-27-12-15/h2-6,11-12,21H,7-10,13-14H2,1H3,(H,22,25)(H,23,24). The fourth-order valence-electron chi connectivity index (χ4n) is 3.38. The average Bonchev–Trinajstić information content (AvgIpc) is 3.23. The number of para-hydroxylation sites is 1. The van der Waals surface area contributed by atoms with Gasteiger partial charge in [0.05, 0.1) is 23.4 Å². The normalized spacial score (nSPS) is 15.9. The van der Waals surface area contributed by atoms with Crippen molar-refractivity contribution in [3.05, 3.63) is 52.2 Å². The summed E-state index contributed by atoms with van der Waals surface area (Å²) in [6, 6.07) is 8.83. The lowest BCUT2D eigenvalue weighted by molar-refractivity contribution is 0.0512. The Morgan fingerprint density at radius 1 is 1.19 bits per heavy atom. The van der Waals surface area contributed by atoms with Gasteiger partial charge in [-0.05, 0) is 49.5 Å². The predicted molar refractivity (Wildman–Crippen MR) is 107 cm³/mol. The quantitative estimate of drug-likeness (QED) is 0.683. The summed E-state index contributed by atoms with van der Waals surface area (Å²) < 4.78 is 5.41. The topological polar surface area (TPSA) is 79.5 Å². The van der Waals surface area contributed by atoms with Crippen molar-refractivity contribution in [3.8, 4) is 0 Å². The molecule has 7 heteroatoms. The van der Waals surface area contributed by atoms with E-state index in [-0.39, 0.29) is 17.2 Å². The van der Waals surface area contributed by atoms with Crippen molar-refractivity contribution < 1.29 is 14.3 Å². The third-order valence-electron chi connectivity index (χ3n) is 4.94. The van der Waals surface area contributed by atoms with Gasteiger partial charge in [0.25, 0.3) is 11.8 Å². The Labute approximate surface area is 163 Å². The second kappa shape index (κ2) is 9.12. The zero-order chi connectivity index (χ0) is 19.1. The minimum absolute atomic E-state index is 0.0511. The number of methoxy groups -OCH3 is 1. The Morgan fingerprint density at radius 3 is 2.67 bits per heavy atom. The van der Waals surface area contributed by atoms with Gasteiger partial charge in [-0.25, -0.2) is 0 Å². The molecule has 0 bridgehead atoms. The van der Waals surface area contributed by atoms with Crippen molar-refractivity contribution >= 4 is 28.8 Å². The van der Waals surface area contributed by atoms with Gasteiger partial charge in [0.15, 0.2) is 0 Å². The van der Waals surface area contributed by atoms with Crippen LogP contribution >= 0.6 is 11.3 Å². The van der Waals surface area contributed by atoms with Crippen LogP contribution in [0.1, 0.15) is 33.6 Å². The molecule has 144 valence electrons. The SMILES string of the molecule is COCC1(CNC(=O)c2ccccc2NC(=O)c2ccsc2)CCNCC1. The van der Waals surface area contributed by atoms with Crippen molar-refractivity contribution in [1.29, 1.82) is 0 Å². The van der Waals surface area contributed by atoms with E-state index < -0.39 is 0 Å². The maximum Gasteiger partial charge on any atom is 0.256 e. The summed E-state index contributed by atoms with van der Waals surface area (Å²) in [4.78, 5) is 25.1. The third-order valence-corrected chi connectivity index (χ3v) is 5.63. The highest BCUT2D eigenvalue weighted by Gasteiger charge is 2.32. The van der Waals surface area contributed by atoms with Crippen LogP contribution < -0.4 is 16.0 Å². The molecule has 0 radical (unpaired) electrons. The van der Waals surface area contributed by atoms with Gasteiger partial charge >= 0.3 is 0 Å². The first-order valence-electron chi connectivity index (χ1n) is 9.04. The minimum Gasteiger partial charge on any atom is -0.384 e. The molecule has 1 aliphatic rings. The first-order chi connectivity index (χ1) is 13.1. The van der Waals surface area contributed by atoms with Crippen LogP contribution in [0.2, 0.25) is 0 Å². The van der Waals surface area contributed by atoms with Crippen molar-refractivity contribution in [2.45, 2.75) is 12.8 Å². The highest BCUT2D eigenvalue weighted by molar-refractivity contribution is 7.08. The molecule has 2 heterocycles. The Morgan fingerprint density at radius 2 is 1.96 bits per heavy atom. The molecule has 1 aliphatic heterocycles. The fraction of sp³-hybridized carbons (Fsp3) is 0.400. The molecule has 0 saturated carbocycles. The molecule has 1 aromatic carbocycles. The predicted octanol–water partition coefficient (Wildman–Crippen LogP) is 2.75. The minimum atomic E-state index is -0.217. The Bertz CT molecular complexity index is 765. The number of nitrogens with one attached hydrogen (secondary N) is 3. The number of carbonyl (C=O) groups excluding carboxylic acids is 2. The number of hydrogen-bond acceptors (Lipinski definition) is 5. The van der Waals surface area contributed by atoms with Crippen molar-refractivity contribution in [1.82, 2.24) is 10.6 Å². The van der Waals surface area contributed by atoms with E-state index in [1.165, 1.54) is 11.3 Å². The smallest absolute Gasteiger partial charge is 0.256 e. The maximum atomic E-state index is 12.8. The number of piperidine rings is 1. The number of amides is 2. The molecule has 2 aromatic rings. The Hall–Kier alpha value is -2.22. The summed E-state index contributed by atoms with van der Waals surface area (Å²) in [7, 11) is 1.70. The van der Waals surface area contributed by atoms with E-state index in [1.54, 1.807) is 42.8 Å². The van der Waals surface area contributed by atoms with Crippen LogP contribution in [-0.4, -0.2) is 45.2 Å². The lowest BCUT2D eigenvalue weighted by Gasteiger charge is -2.37. The Balaban J connectivity index is 1.68. The van der Waals surface area contributed by atoms with Crippen LogP contribution in [-0.2, 0) is 4.74 Å². The van der Waals surface area contributed by atoms with Crippen LogP contribution in [0.4, 0.5) is 5.69 Å². The molecule has 1 fully saturated rings. The van der Waals surface area contributed by atoms with Crippen LogP contribution in [0.25, 0.3) is 0 Å². The lowest BCUT2D eigenvalue weighted by atomic mass is 9.79. The number of hydrogen-bond donors (Lipinski definition) is 3. The van der Waals surface area contributed by atoms with E-state index in [0.717, 1.165) is 25.9 Å². The van der Waals surface area contributed by atoms with E-state index in [4.69, 9.17) is 4.74 Å². The lowest BCUT2D eigenvalue weighted by Crippen LogP contribution is -2.47. The summed E-state index contributed by atoms with van der Waals surface area (Å²) in [6.07, 6.45) is 1.91. The average molecular weight is 388 g/mol. The third kappa shape index (κ3) is 4.94. The zero-order valence-electron chi connectivity index (χ0n) is 15.4. The first-order valence-corrected chi connectivity index (χ1v) is 9.98. The number of thiophene rings is 1. The van der Waals surface area contributed by atoms with E-state index >= 15 is 0 Å². The fourth-order valence-corrected chi connectivity index (χ4v) is 4.01. The zero-order valence-corrected chi connectivity index (χ0v) is 16.2. The number of anilines is 1. The summed E-state index contributed by atoms with van der Waals surface area (Å²) in [5.74, 6) is -0.407. The van der Waals surface area contributed by atoms with Crippen LogP contribution in [0, 0.1) is 5.41 Å². The van der Waals surface area contributed by atoms with Gasteiger partial charge in [-0.1, -0.05) is 12.1 Å². The summed E-state index contributed by atoms with van der Waals surface area (Å²) in [5.41, 5.74) is 1.51. The molecule has 6 nitrogen and oxygen atoms in total. The molecular formula is C20H25N3O3S. The summed E-state index contributed by atoms with van der Waals surface area (Å²) in [5, 5.41) is 12.9. The molecule has 0 aliphatic carbocycles. The highest BCUT2D eigenvalue weighted by atomic mass is 32.1. The number of benzene rings is 1. The maximum absolute atomic E-state index is 12.8. The van der Waals surface area contributed by atoms with Gasteiger partial charge in [0, 0.05) is 24.4 Å². The number of ether oxygens (including phenoxy) is 1. The largest absolute Gasteiger partial charge is 0.384 e. The summed E-state index contributed by atoms with van der Waals surface area (Å²) >= 11 is 1.46. The molecule has 1 aromatic heterocycles. The van der Waals surface area contributed by atoms with E-state index in [2.05, 4.69) is 16.0 Å². The van der Waals surface area contributed by atoms with Gasteiger partial charge in [0.1, 0.15) is 0 Å². The molecule has 0 unspecified atom stereocenters. The van der Waals surface area contributed by atoms with Gasteiger partial charge in [-0.2, -0.15) is 11.3 Å². The monoisotopic (exact) mass is 387 g/mol. The second-order valence-electron chi connectivity index (χ2n) is 6.88. The van der Waals surface area contributed by atoms with Crippen molar-refractivity contribution in [2.75, 3.05) is 38.7 Å². The van der Waals surface area contributed by atoms with Crippen LogP contribution in [0.15, 0.2) is 41.1 Å². The van der Waals surface area contributed by atoms with Gasteiger partial charge in [0.2, 0.25) is 0 Å². The van der Waals surface area contributed by atoms with E-state index in [1.807, 2.05) is 5.38 Å². The molecule has 1 saturated heterocycles. The first kappa shape index (κ1) is 19.5. The van der Waals surface area contributed by atoms with Crippen LogP contribution in [0.3, 0.4) is 0 Å². The van der Waals surface area contributed by atoms with Gasteiger partial charge in [-0.15, -0.1) is 0 Å². The molecular weight excluding hydrogens is 362 g/mol.